The number of hydrogen-bond acceptors (Lipinski definition) is 3. The number of para-hydroxylation sites is 1. The first-order chi connectivity index (χ1) is 8.79. The Balaban J connectivity index is 2.49. The highest BCUT2D eigenvalue weighted by molar-refractivity contribution is 5.45. The average Bonchev–Trinajstić information content (AvgIpc) is 2.29. The fraction of sp³-hybridized carbons (Fsp3) is 0.500. The molecular weight excluding hydrogens is 240 g/mol. The molecule has 1 aromatic rings. The van der Waals surface area contributed by atoms with E-state index in [1.807, 2.05) is 20.8 Å². The molecule has 1 rings (SSSR count). The van der Waals surface area contributed by atoms with Crippen molar-refractivity contribution in [1.29, 1.82) is 0 Å². The fourth-order valence-electron chi connectivity index (χ4n) is 1.93. The lowest BCUT2D eigenvalue weighted by Crippen LogP contribution is -2.17. The molecule has 106 valence electrons. The predicted molar refractivity (Wildman–Crippen MR) is 77.4 cm³/mol. The van der Waals surface area contributed by atoms with Gasteiger partial charge in [0.15, 0.2) is 11.5 Å². The van der Waals surface area contributed by atoms with Crippen LogP contribution in [0.2, 0.25) is 0 Å². The molecule has 0 spiro atoms. The molecule has 1 aromatic carbocycles. The van der Waals surface area contributed by atoms with Crippen molar-refractivity contribution in [3.63, 3.8) is 0 Å². The van der Waals surface area contributed by atoms with E-state index in [0.29, 0.717) is 6.42 Å². The summed E-state index contributed by atoms with van der Waals surface area (Å²) >= 11 is 0. The monoisotopic (exact) mass is 264 g/mol. The zero-order valence-corrected chi connectivity index (χ0v) is 12.0. The molecule has 0 saturated carbocycles. The Morgan fingerprint density at radius 3 is 2.58 bits per heavy atom. The summed E-state index contributed by atoms with van der Waals surface area (Å²) in [5, 5.41) is 28.7. The van der Waals surface area contributed by atoms with Crippen molar-refractivity contribution in [2.45, 2.75) is 52.1 Å². The highest BCUT2D eigenvalue weighted by atomic mass is 16.3. The Labute approximate surface area is 115 Å². The van der Waals surface area contributed by atoms with Crippen LogP contribution in [0.15, 0.2) is 29.8 Å². The molecule has 19 heavy (non-hydrogen) atoms. The Morgan fingerprint density at radius 2 is 1.95 bits per heavy atom. The Kier molecular flexibility index (Phi) is 5.43. The van der Waals surface area contributed by atoms with E-state index in [1.165, 1.54) is 11.6 Å². The number of aliphatic hydroxyl groups is 1. The fourth-order valence-corrected chi connectivity index (χ4v) is 1.93. The highest BCUT2D eigenvalue weighted by Crippen LogP contribution is 2.29. The number of hydrogen-bond donors (Lipinski definition) is 3. The van der Waals surface area contributed by atoms with Crippen LogP contribution in [0.3, 0.4) is 0 Å². The lowest BCUT2D eigenvalue weighted by Gasteiger charge is -2.16. The molecule has 3 N–H and O–H groups in total. The van der Waals surface area contributed by atoms with Gasteiger partial charge in [0.2, 0.25) is 0 Å². The minimum Gasteiger partial charge on any atom is -0.504 e. The quantitative estimate of drug-likeness (QED) is 0.544. The van der Waals surface area contributed by atoms with E-state index in [4.69, 9.17) is 0 Å². The van der Waals surface area contributed by atoms with Crippen LogP contribution in [-0.2, 0) is 6.42 Å². The molecule has 0 heterocycles. The molecule has 0 radical (unpaired) electrons. The lowest BCUT2D eigenvalue weighted by molar-refractivity contribution is 0.0689. The molecule has 0 unspecified atom stereocenters. The van der Waals surface area contributed by atoms with Gasteiger partial charge < -0.3 is 15.3 Å². The number of allylic oxidation sites excluding steroid dienone is 2. The summed E-state index contributed by atoms with van der Waals surface area (Å²) in [6.45, 7) is 5.68. The molecule has 0 amide bonds. The third kappa shape index (κ3) is 5.79. The van der Waals surface area contributed by atoms with Gasteiger partial charge in [-0.15, -0.1) is 0 Å². The molecule has 0 atom stereocenters. The van der Waals surface area contributed by atoms with Gasteiger partial charge in [0, 0.05) is 5.56 Å². The lowest BCUT2D eigenvalue weighted by atomic mass is 9.98. The van der Waals surface area contributed by atoms with Crippen molar-refractivity contribution < 1.29 is 15.3 Å². The number of benzene rings is 1. The van der Waals surface area contributed by atoms with Crippen molar-refractivity contribution in [1.82, 2.24) is 0 Å². The van der Waals surface area contributed by atoms with Gasteiger partial charge in [0.1, 0.15) is 0 Å². The average molecular weight is 264 g/mol. The Bertz CT molecular complexity index is 442. The van der Waals surface area contributed by atoms with Crippen LogP contribution in [0.25, 0.3) is 0 Å². The summed E-state index contributed by atoms with van der Waals surface area (Å²) in [5.41, 5.74) is 1.35. The second-order valence-electron chi connectivity index (χ2n) is 5.71. The third-order valence-corrected chi connectivity index (χ3v) is 3.13. The maximum absolute atomic E-state index is 9.68. The topological polar surface area (TPSA) is 60.7 Å². The SMILES string of the molecule is C/C(=C\Cc1cccc(O)c1O)CCCC(C)(C)O. The van der Waals surface area contributed by atoms with Crippen molar-refractivity contribution in [3.05, 3.63) is 35.4 Å². The molecule has 0 bridgehead atoms. The van der Waals surface area contributed by atoms with Crippen LogP contribution in [-0.4, -0.2) is 20.9 Å². The first-order valence-electron chi connectivity index (χ1n) is 6.67. The van der Waals surface area contributed by atoms with Gasteiger partial charge in [-0.25, -0.2) is 0 Å². The van der Waals surface area contributed by atoms with Crippen molar-refractivity contribution in [2.75, 3.05) is 0 Å². The van der Waals surface area contributed by atoms with E-state index >= 15 is 0 Å². The van der Waals surface area contributed by atoms with E-state index in [9.17, 15) is 15.3 Å². The molecular formula is C16H24O3. The Morgan fingerprint density at radius 1 is 1.26 bits per heavy atom. The first kappa shape index (κ1) is 15.6. The van der Waals surface area contributed by atoms with E-state index in [2.05, 4.69) is 6.08 Å². The maximum Gasteiger partial charge on any atom is 0.160 e. The van der Waals surface area contributed by atoms with Crippen LogP contribution >= 0.6 is 0 Å². The first-order valence-corrected chi connectivity index (χ1v) is 6.67. The minimum absolute atomic E-state index is 0.0389. The van der Waals surface area contributed by atoms with Gasteiger partial charge in [0.25, 0.3) is 0 Å². The minimum atomic E-state index is -0.607. The number of aromatic hydroxyl groups is 2. The van der Waals surface area contributed by atoms with E-state index < -0.39 is 5.60 Å². The van der Waals surface area contributed by atoms with Gasteiger partial charge >= 0.3 is 0 Å². The zero-order valence-electron chi connectivity index (χ0n) is 12.0. The van der Waals surface area contributed by atoms with Gasteiger partial charge in [0.05, 0.1) is 5.60 Å². The van der Waals surface area contributed by atoms with E-state index in [1.54, 1.807) is 12.1 Å². The molecule has 0 aromatic heterocycles. The zero-order chi connectivity index (χ0) is 14.5. The third-order valence-electron chi connectivity index (χ3n) is 3.13. The number of phenolic OH excluding ortho intramolecular Hbond substituents is 2. The summed E-state index contributed by atoms with van der Waals surface area (Å²) in [5.74, 6) is -0.117. The largest absolute Gasteiger partial charge is 0.504 e. The molecule has 3 nitrogen and oxygen atoms in total. The van der Waals surface area contributed by atoms with Gasteiger partial charge in [-0.05, 0) is 52.5 Å². The van der Waals surface area contributed by atoms with Crippen molar-refractivity contribution >= 4 is 0 Å². The van der Waals surface area contributed by atoms with Crippen LogP contribution < -0.4 is 0 Å². The maximum atomic E-state index is 9.68. The highest BCUT2D eigenvalue weighted by Gasteiger charge is 2.11. The molecule has 0 saturated heterocycles. The second-order valence-corrected chi connectivity index (χ2v) is 5.71. The summed E-state index contributed by atoms with van der Waals surface area (Å²) in [6.07, 6.45) is 5.31. The van der Waals surface area contributed by atoms with Gasteiger partial charge in [-0.3, -0.25) is 0 Å². The van der Waals surface area contributed by atoms with Gasteiger partial charge in [-0.2, -0.15) is 0 Å². The van der Waals surface area contributed by atoms with Gasteiger partial charge in [-0.1, -0.05) is 23.8 Å². The van der Waals surface area contributed by atoms with Crippen molar-refractivity contribution in [3.8, 4) is 11.5 Å². The standard InChI is InChI=1S/C16H24O3/c1-12(6-5-11-16(2,3)19)9-10-13-7-4-8-14(17)15(13)18/h4,7-9,17-19H,5-6,10-11H2,1-3H3/b12-9+. The van der Waals surface area contributed by atoms with Crippen LogP contribution in [0.1, 0.15) is 45.6 Å². The number of phenols is 2. The van der Waals surface area contributed by atoms with Crippen molar-refractivity contribution in [2.24, 2.45) is 0 Å². The second kappa shape index (κ2) is 6.62. The van der Waals surface area contributed by atoms with E-state index in [0.717, 1.165) is 24.8 Å². The smallest absolute Gasteiger partial charge is 0.160 e. The van der Waals surface area contributed by atoms with Crippen LogP contribution in [0, 0.1) is 0 Å². The predicted octanol–water partition coefficient (Wildman–Crippen LogP) is 3.53. The summed E-state index contributed by atoms with van der Waals surface area (Å²) in [7, 11) is 0. The van der Waals surface area contributed by atoms with Crippen LogP contribution in [0.5, 0.6) is 11.5 Å². The molecule has 0 aliphatic rings. The summed E-state index contributed by atoms with van der Waals surface area (Å²) in [4.78, 5) is 0. The molecule has 0 fully saturated rings. The normalized spacial score (nSPS) is 12.7. The molecule has 0 aliphatic heterocycles. The van der Waals surface area contributed by atoms with Crippen LogP contribution in [0.4, 0.5) is 0 Å². The molecule has 0 aliphatic carbocycles. The van der Waals surface area contributed by atoms with E-state index in [-0.39, 0.29) is 11.5 Å². The number of rotatable bonds is 6. The molecule has 3 heteroatoms. The summed E-state index contributed by atoms with van der Waals surface area (Å²) < 4.78 is 0. The Hall–Kier alpha value is -1.48. The summed E-state index contributed by atoms with van der Waals surface area (Å²) in [6, 6.07) is 5.00.